The predicted molar refractivity (Wildman–Crippen MR) is 62.6 cm³/mol. The summed E-state index contributed by atoms with van der Waals surface area (Å²) in [5, 5.41) is 3.68. The van der Waals surface area contributed by atoms with Crippen LogP contribution >= 0.6 is 11.3 Å². The molecule has 0 atom stereocenters. The zero-order valence-corrected chi connectivity index (χ0v) is 10.8. The number of thiazole rings is 1. The largest absolute Gasteiger partial charge is 0.411 e. The van der Waals surface area contributed by atoms with Crippen LogP contribution < -0.4 is 5.32 Å². The third-order valence-electron chi connectivity index (χ3n) is 2.56. The zero-order valence-electron chi connectivity index (χ0n) is 10.0. The fourth-order valence-corrected chi connectivity index (χ4v) is 2.80. The van der Waals surface area contributed by atoms with Gasteiger partial charge in [-0.25, -0.2) is 4.98 Å². The normalized spacial score (nSPS) is 16.2. The molecule has 0 spiro atoms. The molecule has 0 amide bonds. The van der Waals surface area contributed by atoms with Gasteiger partial charge in [-0.3, -0.25) is 0 Å². The minimum Gasteiger partial charge on any atom is -0.365 e. The van der Waals surface area contributed by atoms with Crippen LogP contribution in [0.25, 0.3) is 0 Å². The van der Waals surface area contributed by atoms with Crippen LogP contribution in [0.15, 0.2) is 0 Å². The zero-order chi connectivity index (χ0) is 13.2. The van der Waals surface area contributed by atoms with Crippen molar-refractivity contribution >= 4 is 11.3 Å². The van der Waals surface area contributed by atoms with Gasteiger partial charge in [0.25, 0.3) is 0 Å². The van der Waals surface area contributed by atoms with Crippen molar-refractivity contribution in [2.24, 2.45) is 0 Å². The third kappa shape index (κ3) is 3.93. The SMILES string of the molecule is CNCc1sc(COCC(F)(F)F)nc1C1CC1. The van der Waals surface area contributed by atoms with Crippen LogP contribution in [0.4, 0.5) is 13.2 Å². The van der Waals surface area contributed by atoms with E-state index in [1.807, 2.05) is 7.05 Å². The van der Waals surface area contributed by atoms with Gasteiger partial charge in [0.2, 0.25) is 0 Å². The van der Waals surface area contributed by atoms with Crippen LogP contribution in [0.5, 0.6) is 0 Å². The Balaban J connectivity index is 1.94. The highest BCUT2D eigenvalue weighted by atomic mass is 32.1. The number of aromatic nitrogens is 1. The van der Waals surface area contributed by atoms with Crippen LogP contribution in [0.3, 0.4) is 0 Å². The third-order valence-corrected chi connectivity index (χ3v) is 3.61. The molecule has 18 heavy (non-hydrogen) atoms. The van der Waals surface area contributed by atoms with E-state index in [0.29, 0.717) is 17.5 Å². The van der Waals surface area contributed by atoms with Crippen molar-refractivity contribution in [3.8, 4) is 0 Å². The molecule has 0 bridgehead atoms. The summed E-state index contributed by atoms with van der Waals surface area (Å²) >= 11 is 1.44. The van der Waals surface area contributed by atoms with E-state index >= 15 is 0 Å². The van der Waals surface area contributed by atoms with Crippen molar-refractivity contribution in [1.82, 2.24) is 10.3 Å². The minimum absolute atomic E-state index is 0.0619. The smallest absolute Gasteiger partial charge is 0.365 e. The van der Waals surface area contributed by atoms with Gasteiger partial charge in [-0.2, -0.15) is 13.2 Å². The monoisotopic (exact) mass is 280 g/mol. The molecule has 1 N–H and O–H groups in total. The molecule has 0 radical (unpaired) electrons. The lowest BCUT2D eigenvalue weighted by molar-refractivity contribution is -0.176. The fraction of sp³-hybridized carbons (Fsp3) is 0.727. The van der Waals surface area contributed by atoms with E-state index in [2.05, 4.69) is 15.0 Å². The summed E-state index contributed by atoms with van der Waals surface area (Å²) in [7, 11) is 1.84. The molecule has 0 saturated heterocycles. The van der Waals surface area contributed by atoms with Gasteiger partial charge in [0.15, 0.2) is 0 Å². The molecule has 1 aromatic rings. The number of nitrogens with one attached hydrogen (secondary N) is 1. The molecule has 0 aromatic carbocycles. The molecule has 1 aliphatic carbocycles. The topological polar surface area (TPSA) is 34.1 Å². The van der Waals surface area contributed by atoms with Crippen LogP contribution in [0, 0.1) is 0 Å². The van der Waals surface area contributed by atoms with Gasteiger partial charge >= 0.3 is 6.18 Å². The minimum atomic E-state index is -4.27. The van der Waals surface area contributed by atoms with Crippen molar-refractivity contribution in [3.63, 3.8) is 0 Å². The molecule has 0 unspecified atom stereocenters. The molecule has 2 rings (SSSR count). The summed E-state index contributed by atoms with van der Waals surface area (Å²) in [6, 6.07) is 0. The summed E-state index contributed by atoms with van der Waals surface area (Å²) < 4.78 is 40.5. The average Bonchev–Trinajstić information content (AvgIpc) is 3.01. The lowest BCUT2D eigenvalue weighted by atomic mass is 10.2. The summed E-state index contributed by atoms with van der Waals surface area (Å²) in [6.45, 7) is -0.566. The van der Waals surface area contributed by atoms with Gasteiger partial charge in [-0.15, -0.1) is 11.3 Å². The highest BCUT2D eigenvalue weighted by molar-refractivity contribution is 7.11. The number of halogens is 3. The number of ether oxygens (including phenoxy) is 1. The number of hydrogen-bond acceptors (Lipinski definition) is 4. The Labute approximate surface area is 107 Å². The van der Waals surface area contributed by atoms with E-state index in [0.717, 1.165) is 23.4 Å². The van der Waals surface area contributed by atoms with E-state index < -0.39 is 12.8 Å². The highest BCUT2D eigenvalue weighted by Crippen LogP contribution is 2.42. The van der Waals surface area contributed by atoms with E-state index in [-0.39, 0.29) is 6.61 Å². The van der Waals surface area contributed by atoms with E-state index in [9.17, 15) is 13.2 Å². The molecule has 3 nitrogen and oxygen atoms in total. The molecule has 1 aliphatic rings. The molecule has 1 heterocycles. The van der Waals surface area contributed by atoms with Crippen LogP contribution in [-0.4, -0.2) is 24.8 Å². The number of alkyl halides is 3. The van der Waals surface area contributed by atoms with Crippen LogP contribution in [0.1, 0.15) is 34.3 Å². The predicted octanol–water partition coefficient (Wildman–Crippen LogP) is 2.82. The Bertz CT molecular complexity index is 401. The Kier molecular flexibility index (Phi) is 4.24. The number of rotatable bonds is 6. The molecule has 7 heteroatoms. The van der Waals surface area contributed by atoms with E-state index in [4.69, 9.17) is 0 Å². The maximum Gasteiger partial charge on any atom is 0.411 e. The van der Waals surface area contributed by atoms with E-state index in [1.54, 1.807) is 0 Å². The van der Waals surface area contributed by atoms with Gasteiger partial charge in [0.1, 0.15) is 11.6 Å². The van der Waals surface area contributed by atoms with Gasteiger partial charge in [0, 0.05) is 17.3 Å². The Morgan fingerprint density at radius 3 is 2.72 bits per heavy atom. The quantitative estimate of drug-likeness (QED) is 0.870. The first-order chi connectivity index (χ1) is 8.49. The first-order valence-electron chi connectivity index (χ1n) is 5.77. The van der Waals surface area contributed by atoms with Crippen molar-refractivity contribution in [2.75, 3.05) is 13.7 Å². The van der Waals surface area contributed by atoms with Crippen LogP contribution in [-0.2, 0) is 17.9 Å². The number of nitrogens with zero attached hydrogens (tertiary/aromatic N) is 1. The summed E-state index contributed by atoms with van der Waals surface area (Å²) in [5.74, 6) is 0.501. The number of hydrogen-bond donors (Lipinski definition) is 1. The van der Waals surface area contributed by atoms with Crippen molar-refractivity contribution in [3.05, 3.63) is 15.6 Å². The Morgan fingerprint density at radius 2 is 2.17 bits per heavy atom. The van der Waals surface area contributed by atoms with Crippen LogP contribution in [0.2, 0.25) is 0 Å². The first kappa shape index (κ1) is 13.8. The second-order valence-electron chi connectivity index (χ2n) is 4.33. The molecule has 0 aliphatic heterocycles. The molecule has 1 fully saturated rings. The van der Waals surface area contributed by atoms with Crippen molar-refractivity contribution in [1.29, 1.82) is 0 Å². The maximum absolute atomic E-state index is 11.9. The summed E-state index contributed by atoms with van der Waals surface area (Å²) in [6.07, 6.45) is -2.02. The standard InChI is InChI=1S/C11H15F3N2OS/c1-15-4-8-10(7-2-3-7)16-9(18-8)5-17-6-11(12,13)14/h7,15H,2-6H2,1H3. The first-order valence-corrected chi connectivity index (χ1v) is 6.59. The second kappa shape index (κ2) is 5.54. The van der Waals surface area contributed by atoms with E-state index in [1.165, 1.54) is 11.3 Å². The van der Waals surface area contributed by atoms with Gasteiger partial charge in [-0.1, -0.05) is 0 Å². The Hall–Kier alpha value is -0.660. The maximum atomic E-state index is 11.9. The van der Waals surface area contributed by atoms with Gasteiger partial charge < -0.3 is 10.1 Å². The van der Waals surface area contributed by atoms with Crippen molar-refractivity contribution < 1.29 is 17.9 Å². The lowest BCUT2D eigenvalue weighted by Crippen LogP contribution is -2.16. The fourth-order valence-electron chi connectivity index (χ4n) is 1.69. The summed E-state index contributed by atoms with van der Waals surface area (Å²) in [4.78, 5) is 5.51. The molecular formula is C11H15F3N2OS. The van der Waals surface area contributed by atoms with Gasteiger partial charge in [0.05, 0.1) is 12.3 Å². The molecular weight excluding hydrogens is 265 g/mol. The average molecular weight is 280 g/mol. The second-order valence-corrected chi connectivity index (χ2v) is 5.50. The molecule has 102 valence electrons. The van der Waals surface area contributed by atoms with Gasteiger partial charge in [-0.05, 0) is 19.9 Å². The highest BCUT2D eigenvalue weighted by Gasteiger charge is 2.30. The molecule has 1 saturated carbocycles. The Morgan fingerprint density at radius 1 is 1.44 bits per heavy atom. The molecule has 1 aromatic heterocycles. The lowest BCUT2D eigenvalue weighted by Gasteiger charge is -2.05. The van der Waals surface area contributed by atoms with Crippen molar-refractivity contribution in [2.45, 2.75) is 38.1 Å². The summed E-state index contributed by atoms with van der Waals surface area (Å²) in [5.41, 5.74) is 1.04.